The van der Waals surface area contributed by atoms with E-state index in [-0.39, 0.29) is 6.04 Å². The van der Waals surface area contributed by atoms with Crippen LogP contribution in [0.1, 0.15) is 6.92 Å². The van der Waals surface area contributed by atoms with Crippen LogP contribution in [0.3, 0.4) is 0 Å². The average Bonchev–Trinajstić information content (AvgIpc) is 1.65. The Morgan fingerprint density at radius 2 is 2.43 bits per heavy atom. The topological polar surface area (TPSA) is 58.3 Å². The van der Waals surface area contributed by atoms with Crippen LogP contribution in [0.15, 0.2) is 12.3 Å². The van der Waals surface area contributed by atoms with Gasteiger partial charge in [0.05, 0.1) is 0 Å². The second-order valence-corrected chi connectivity index (χ2v) is 1.43. The maximum absolute atomic E-state index is 8.08. The summed E-state index contributed by atoms with van der Waals surface area (Å²) in [5, 5.41) is 8.08. The van der Waals surface area contributed by atoms with Crippen LogP contribution in [0, 0.1) is 0 Å². The largest absolute Gasteiger partial charge is 0.323 e. The predicted octanol–water partition coefficient (Wildman–Crippen LogP) is -0.174. The lowest BCUT2D eigenvalue weighted by atomic mass is 10.3. The summed E-state index contributed by atoms with van der Waals surface area (Å²) < 4.78 is 0. The Kier molecular flexibility index (Phi) is 2.40. The molecular formula is C4H10N2O. The summed E-state index contributed by atoms with van der Waals surface area (Å²) in [7, 11) is 0. The molecule has 0 spiro atoms. The highest BCUT2D eigenvalue weighted by Crippen LogP contribution is 1.84. The monoisotopic (exact) mass is 102 g/mol. The Hall–Kier alpha value is -0.540. The molecule has 0 radical (unpaired) electrons. The van der Waals surface area contributed by atoms with Gasteiger partial charge in [0.1, 0.15) is 0 Å². The maximum atomic E-state index is 8.08. The van der Waals surface area contributed by atoms with Gasteiger partial charge >= 0.3 is 0 Å². The van der Waals surface area contributed by atoms with E-state index in [9.17, 15) is 0 Å². The van der Waals surface area contributed by atoms with Gasteiger partial charge in [0.2, 0.25) is 0 Å². The van der Waals surface area contributed by atoms with Crippen molar-refractivity contribution >= 4 is 0 Å². The molecule has 3 nitrogen and oxygen atoms in total. The van der Waals surface area contributed by atoms with Crippen molar-refractivity contribution < 1.29 is 5.21 Å². The van der Waals surface area contributed by atoms with E-state index < -0.39 is 0 Å². The molecule has 0 saturated carbocycles. The zero-order valence-electron chi connectivity index (χ0n) is 4.31. The lowest BCUT2D eigenvalue weighted by molar-refractivity contribution is 0.194. The normalized spacial score (nSPS) is 13.0. The summed E-state index contributed by atoms with van der Waals surface area (Å²) in [6.45, 7) is 5.11. The van der Waals surface area contributed by atoms with Gasteiger partial charge < -0.3 is 5.73 Å². The van der Waals surface area contributed by atoms with E-state index >= 15 is 0 Å². The van der Waals surface area contributed by atoms with Crippen LogP contribution in [-0.4, -0.2) is 11.2 Å². The molecule has 7 heavy (non-hydrogen) atoms. The maximum Gasteiger partial charge on any atom is 0.0469 e. The van der Waals surface area contributed by atoms with Gasteiger partial charge in [-0.1, -0.05) is 6.58 Å². The molecule has 0 aliphatic heterocycles. The molecule has 1 atom stereocenters. The number of hydrogen-bond donors (Lipinski definition) is 3. The minimum absolute atomic E-state index is 0.190. The highest BCUT2D eigenvalue weighted by Gasteiger charge is 1.93. The van der Waals surface area contributed by atoms with E-state index in [1.54, 1.807) is 6.92 Å². The average molecular weight is 102 g/mol. The molecule has 0 heterocycles. The fraction of sp³-hybridized carbons (Fsp3) is 0.500. The van der Waals surface area contributed by atoms with Crippen molar-refractivity contribution in [3.63, 3.8) is 0 Å². The lowest BCUT2D eigenvalue weighted by Crippen LogP contribution is -2.25. The van der Waals surface area contributed by atoms with Crippen LogP contribution in [0.4, 0.5) is 0 Å². The van der Waals surface area contributed by atoms with Crippen molar-refractivity contribution in [1.82, 2.24) is 5.48 Å². The molecule has 0 fully saturated rings. The Morgan fingerprint density at radius 1 is 2.00 bits per heavy atom. The predicted molar refractivity (Wildman–Crippen MR) is 27.7 cm³/mol. The van der Waals surface area contributed by atoms with Crippen LogP contribution < -0.4 is 11.2 Å². The van der Waals surface area contributed by atoms with Crippen molar-refractivity contribution in [1.29, 1.82) is 0 Å². The summed E-state index contributed by atoms with van der Waals surface area (Å²) in [5.74, 6) is 0. The van der Waals surface area contributed by atoms with Gasteiger partial charge in [0, 0.05) is 11.7 Å². The quantitative estimate of drug-likeness (QED) is 0.424. The van der Waals surface area contributed by atoms with Crippen LogP contribution in [0.25, 0.3) is 0 Å². The van der Waals surface area contributed by atoms with Crippen molar-refractivity contribution in [3.8, 4) is 0 Å². The summed E-state index contributed by atoms with van der Waals surface area (Å²) in [5.41, 5.74) is 7.50. The van der Waals surface area contributed by atoms with Crippen LogP contribution in [0.2, 0.25) is 0 Å². The van der Waals surface area contributed by atoms with Crippen molar-refractivity contribution in [2.45, 2.75) is 13.0 Å². The Labute approximate surface area is 42.8 Å². The van der Waals surface area contributed by atoms with Crippen molar-refractivity contribution in [2.75, 3.05) is 0 Å². The summed E-state index contributed by atoms with van der Waals surface area (Å²) in [4.78, 5) is 0. The molecule has 1 unspecified atom stereocenters. The molecule has 4 N–H and O–H groups in total. The van der Waals surface area contributed by atoms with E-state index in [2.05, 4.69) is 6.58 Å². The van der Waals surface area contributed by atoms with Gasteiger partial charge in [-0.05, 0) is 6.92 Å². The van der Waals surface area contributed by atoms with Gasteiger partial charge in [-0.3, -0.25) is 10.7 Å². The molecule has 0 bridgehead atoms. The van der Waals surface area contributed by atoms with Gasteiger partial charge in [-0.25, -0.2) is 0 Å². The van der Waals surface area contributed by atoms with Crippen molar-refractivity contribution in [3.05, 3.63) is 12.3 Å². The minimum Gasteiger partial charge on any atom is -0.323 e. The van der Waals surface area contributed by atoms with Gasteiger partial charge in [-0.15, -0.1) is 0 Å². The molecule has 0 amide bonds. The van der Waals surface area contributed by atoms with Crippen LogP contribution in [-0.2, 0) is 0 Å². The Morgan fingerprint density at radius 3 is 2.43 bits per heavy atom. The van der Waals surface area contributed by atoms with E-state index in [1.807, 2.05) is 5.48 Å². The summed E-state index contributed by atoms with van der Waals surface area (Å²) >= 11 is 0. The molecule has 0 aromatic heterocycles. The SMILES string of the molecule is C=C(NO)C(C)N. The fourth-order valence-corrected chi connectivity index (χ4v) is 0.102. The molecule has 42 valence electrons. The van der Waals surface area contributed by atoms with E-state index in [0.29, 0.717) is 5.70 Å². The smallest absolute Gasteiger partial charge is 0.0469 e. The molecule has 0 rings (SSSR count). The first kappa shape index (κ1) is 6.46. The van der Waals surface area contributed by atoms with E-state index in [0.717, 1.165) is 0 Å². The van der Waals surface area contributed by atoms with Crippen molar-refractivity contribution in [2.24, 2.45) is 5.73 Å². The zero-order valence-corrected chi connectivity index (χ0v) is 4.31. The third kappa shape index (κ3) is 2.19. The molecule has 0 saturated heterocycles. The number of nitrogens with two attached hydrogens (primary N) is 1. The second kappa shape index (κ2) is 2.60. The fourth-order valence-electron chi connectivity index (χ4n) is 0.102. The van der Waals surface area contributed by atoms with Gasteiger partial charge in [-0.2, -0.15) is 0 Å². The number of hydroxylamine groups is 1. The first-order valence-corrected chi connectivity index (χ1v) is 2.03. The minimum atomic E-state index is -0.190. The number of rotatable bonds is 2. The third-order valence-electron chi connectivity index (χ3n) is 0.693. The van der Waals surface area contributed by atoms with Crippen LogP contribution >= 0.6 is 0 Å². The lowest BCUT2D eigenvalue weighted by Gasteiger charge is -2.04. The molecule has 0 aliphatic rings. The molecule has 3 heteroatoms. The first-order chi connectivity index (χ1) is 3.18. The highest BCUT2D eigenvalue weighted by molar-refractivity contribution is 4.95. The molecular weight excluding hydrogens is 92.1 g/mol. The number of hydrogen-bond acceptors (Lipinski definition) is 3. The highest BCUT2D eigenvalue weighted by atomic mass is 16.5. The van der Waals surface area contributed by atoms with Crippen LogP contribution in [0.5, 0.6) is 0 Å². The summed E-state index contributed by atoms with van der Waals surface area (Å²) in [6, 6.07) is -0.190. The molecule has 0 aromatic carbocycles. The Balaban J connectivity index is 3.35. The number of nitrogens with one attached hydrogen (secondary N) is 1. The first-order valence-electron chi connectivity index (χ1n) is 2.03. The van der Waals surface area contributed by atoms with Gasteiger partial charge in [0.15, 0.2) is 0 Å². The van der Waals surface area contributed by atoms with E-state index in [4.69, 9.17) is 10.9 Å². The van der Waals surface area contributed by atoms with Gasteiger partial charge in [0.25, 0.3) is 0 Å². The summed E-state index contributed by atoms with van der Waals surface area (Å²) in [6.07, 6.45) is 0. The van der Waals surface area contributed by atoms with E-state index in [1.165, 1.54) is 0 Å². The zero-order chi connectivity index (χ0) is 5.86. The third-order valence-corrected chi connectivity index (χ3v) is 0.693. The standard InChI is InChI=1S/C4H10N2O/c1-3(5)4(2)6-7/h3,6-7H,2,5H2,1H3. The molecule has 0 aromatic rings. The second-order valence-electron chi connectivity index (χ2n) is 1.43. The molecule has 0 aliphatic carbocycles. The Bertz CT molecular complexity index is 70.1.